The maximum atomic E-state index is 12.5. The minimum atomic E-state index is -0.470. The lowest BCUT2D eigenvalue weighted by Crippen LogP contribution is -2.38. The van der Waals surface area contributed by atoms with Crippen LogP contribution in [0.2, 0.25) is 0 Å². The largest absolute Gasteiger partial charge is 0.494 e. The highest BCUT2D eigenvalue weighted by atomic mass is 16.5. The van der Waals surface area contributed by atoms with Crippen molar-refractivity contribution < 1.29 is 14.3 Å². The molecule has 2 rings (SSSR count). The van der Waals surface area contributed by atoms with E-state index in [2.05, 4.69) is 17.4 Å². The molecule has 0 saturated heterocycles. The normalized spacial score (nSPS) is 11.7. The van der Waals surface area contributed by atoms with Crippen LogP contribution in [-0.4, -0.2) is 25.2 Å². The number of para-hydroxylation sites is 1. The van der Waals surface area contributed by atoms with Crippen molar-refractivity contribution in [2.75, 3.05) is 13.2 Å². The van der Waals surface area contributed by atoms with Gasteiger partial charge in [-0.3, -0.25) is 4.79 Å². The number of aryl methyl sites for hydroxylation is 3. The van der Waals surface area contributed by atoms with Gasteiger partial charge in [0.05, 0.1) is 6.61 Å². The minimum Gasteiger partial charge on any atom is -0.494 e. The molecule has 1 atom stereocenters. The summed E-state index contributed by atoms with van der Waals surface area (Å²) in [6, 6.07) is 14.1. The molecule has 0 aliphatic carbocycles. The SMILES string of the molecule is CCOc1ccccc1CCCNC(=O)C(CC)Oc1cc(C)cc(C)c1. The van der Waals surface area contributed by atoms with Gasteiger partial charge in [0.15, 0.2) is 6.10 Å². The molecule has 146 valence electrons. The van der Waals surface area contributed by atoms with Crippen molar-refractivity contribution in [1.29, 1.82) is 0 Å². The number of benzene rings is 2. The van der Waals surface area contributed by atoms with Crippen LogP contribution in [0.3, 0.4) is 0 Å². The first kappa shape index (κ1) is 20.8. The van der Waals surface area contributed by atoms with E-state index in [0.29, 0.717) is 19.6 Å². The number of amides is 1. The minimum absolute atomic E-state index is 0.0604. The Kier molecular flexibility index (Phi) is 8.18. The number of rotatable bonds is 10. The van der Waals surface area contributed by atoms with Gasteiger partial charge in [-0.25, -0.2) is 0 Å². The Morgan fingerprint density at radius 1 is 1.07 bits per heavy atom. The van der Waals surface area contributed by atoms with Crippen molar-refractivity contribution in [2.24, 2.45) is 0 Å². The third kappa shape index (κ3) is 6.63. The number of hydrogen-bond donors (Lipinski definition) is 1. The first-order chi connectivity index (χ1) is 13.0. The van der Waals surface area contributed by atoms with Gasteiger partial charge in [0, 0.05) is 6.54 Å². The number of nitrogens with one attached hydrogen (secondary N) is 1. The van der Waals surface area contributed by atoms with Crippen molar-refractivity contribution in [3.8, 4) is 11.5 Å². The summed E-state index contributed by atoms with van der Waals surface area (Å²) in [6.07, 6.45) is 1.88. The number of carbonyl (C=O) groups excluding carboxylic acids is 1. The van der Waals surface area contributed by atoms with Crippen LogP contribution in [0, 0.1) is 13.8 Å². The van der Waals surface area contributed by atoms with Crippen LogP contribution in [0.5, 0.6) is 11.5 Å². The molecular weight excluding hydrogens is 338 g/mol. The lowest BCUT2D eigenvalue weighted by atomic mass is 10.1. The summed E-state index contributed by atoms with van der Waals surface area (Å²) in [5, 5.41) is 3.00. The summed E-state index contributed by atoms with van der Waals surface area (Å²) in [7, 11) is 0. The fourth-order valence-corrected chi connectivity index (χ4v) is 3.10. The fraction of sp³-hybridized carbons (Fsp3) is 0.435. The average Bonchev–Trinajstić information content (AvgIpc) is 2.63. The fourth-order valence-electron chi connectivity index (χ4n) is 3.10. The van der Waals surface area contributed by atoms with Crippen molar-refractivity contribution in [2.45, 2.75) is 53.1 Å². The van der Waals surface area contributed by atoms with Gasteiger partial charge < -0.3 is 14.8 Å². The molecule has 0 saturated carbocycles. The standard InChI is InChI=1S/C23H31NO3/c1-5-21(27-20-15-17(3)14-18(4)16-20)23(25)24-13-9-11-19-10-7-8-12-22(19)26-6-2/h7-8,10,12,14-16,21H,5-6,9,11,13H2,1-4H3,(H,24,25). The summed E-state index contributed by atoms with van der Waals surface area (Å²) in [6.45, 7) is 9.28. The Balaban J connectivity index is 1.83. The van der Waals surface area contributed by atoms with Gasteiger partial charge in [0.25, 0.3) is 5.91 Å². The zero-order chi connectivity index (χ0) is 19.6. The summed E-state index contributed by atoms with van der Waals surface area (Å²) in [4.78, 5) is 12.5. The lowest BCUT2D eigenvalue weighted by Gasteiger charge is -2.18. The van der Waals surface area contributed by atoms with E-state index in [9.17, 15) is 4.79 Å². The third-order valence-electron chi connectivity index (χ3n) is 4.33. The van der Waals surface area contributed by atoms with E-state index in [1.807, 2.05) is 58.0 Å². The summed E-state index contributed by atoms with van der Waals surface area (Å²) < 4.78 is 11.6. The molecule has 4 nitrogen and oxygen atoms in total. The molecule has 1 unspecified atom stereocenters. The van der Waals surface area contributed by atoms with E-state index in [4.69, 9.17) is 9.47 Å². The van der Waals surface area contributed by atoms with Gasteiger partial charge in [-0.1, -0.05) is 31.2 Å². The first-order valence-electron chi connectivity index (χ1n) is 9.76. The van der Waals surface area contributed by atoms with E-state index in [1.165, 1.54) is 5.56 Å². The summed E-state index contributed by atoms with van der Waals surface area (Å²) in [5.74, 6) is 1.62. The predicted octanol–water partition coefficient (Wildman–Crippen LogP) is 4.61. The molecule has 0 aromatic heterocycles. The van der Waals surface area contributed by atoms with Gasteiger partial charge in [-0.05, 0) is 74.9 Å². The van der Waals surface area contributed by atoms with Crippen molar-refractivity contribution >= 4 is 5.91 Å². The van der Waals surface area contributed by atoms with Crippen molar-refractivity contribution in [1.82, 2.24) is 5.32 Å². The third-order valence-corrected chi connectivity index (χ3v) is 4.33. The first-order valence-corrected chi connectivity index (χ1v) is 9.76. The van der Waals surface area contributed by atoms with Crippen LogP contribution >= 0.6 is 0 Å². The molecule has 4 heteroatoms. The molecular formula is C23H31NO3. The molecule has 27 heavy (non-hydrogen) atoms. The molecule has 2 aromatic rings. The van der Waals surface area contributed by atoms with Gasteiger partial charge in [-0.2, -0.15) is 0 Å². The molecule has 0 heterocycles. The van der Waals surface area contributed by atoms with E-state index < -0.39 is 6.10 Å². The molecule has 0 fully saturated rings. The molecule has 0 aliphatic heterocycles. The highest BCUT2D eigenvalue weighted by molar-refractivity contribution is 5.81. The van der Waals surface area contributed by atoms with E-state index >= 15 is 0 Å². The van der Waals surface area contributed by atoms with Gasteiger partial charge >= 0.3 is 0 Å². The van der Waals surface area contributed by atoms with E-state index in [-0.39, 0.29) is 5.91 Å². The van der Waals surface area contributed by atoms with E-state index in [1.54, 1.807) is 0 Å². The smallest absolute Gasteiger partial charge is 0.261 e. The maximum absolute atomic E-state index is 12.5. The predicted molar refractivity (Wildman–Crippen MR) is 110 cm³/mol. The van der Waals surface area contributed by atoms with Crippen molar-refractivity contribution in [3.63, 3.8) is 0 Å². The average molecular weight is 370 g/mol. The highest BCUT2D eigenvalue weighted by Crippen LogP contribution is 2.20. The lowest BCUT2D eigenvalue weighted by molar-refractivity contribution is -0.128. The van der Waals surface area contributed by atoms with Crippen molar-refractivity contribution in [3.05, 3.63) is 59.2 Å². The Morgan fingerprint density at radius 2 is 1.78 bits per heavy atom. The van der Waals surface area contributed by atoms with Crippen LogP contribution in [0.15, 0.2) is 42.5 Å². The molecule has 0 spiro atoms. The monoisotopic (exact) mass is 369 g/mol. The second kappa shape index (κ2) is 10.6. The van der Waals surface area contributed by atoms with E-state index in [0.717, 1.165) is 35.5 Å². The second-order valence-corrected chi connectivity index (χ2v) is 6.77. The Morgan fingerprint density at radius 3 is 2.44 bits per heavy atom. The van der Waals surface area contributed by atoms with Crippen LogP contribution in [0.25, 0.3) is 0 Å². The summed E-state index contributed by atoms with van der Waals surface area (Å²) in [5.41, 5.74) is 3.44. The molecule has 0 bridgehead atoms. The molecule has 0 radical (unpaired) electrons. The van der Waals surface area contributed by atoms with Crippen LogP contribution in [0.4, 0.5) is 0 Å². The van der Waals surface area contributed by atoms with Crippen LogP contribution < -0.4 is 14.8 Å². The molecule has 1 N–H and O–H groups in total. The zero-order valence-corrected chi connectivity index (χ0v) is 16.9. The van der Waals surface area contributed by atoms with Gasteiger partial charge in [0.1, 0.15) is 11.5 Å². The molecule has 0 aliphatic rings. The maximum Gasteiger partial charge on any atom is 0.261 e. The van der Waals surface area contributed by atoms with Crippen LogP contribution in [-0.2, 0) is 11.2 Å². The summed E-state index contributed by atoms with van der Waals surface area (Å²) >= 11 is 0. The Bertz CT molecular complexity index is 722. The zero-order valence-electron chi connectivity index (χ0n) is 16.9. The van der Waals surface area contributed by atoms with Gasteiger partial charge in [-0.15, -0.1) is 0 Å². The highest BCUT2D eigenvalue weighted by Gasteiger charge is 2.18. The Hall–Kier alpha value is -2.49. The second-order valence-electron chi connectivity index (χ2n) is 6.77. The number of ether oxygens (including phenoxy) is 2. The molecule has 2 aromatic carbocycles. The van der Waals surface area contributed by atoms with Crippen LogP contribution in [0.1, 0.15) is 43.4 Å². The van der Waals surface area contributed by atoms with Gasteiger partial charge in [0.2, 0.25) is 0 Å². The number of carbonyl (C=O) groups is 1. The quantitative estimate of drug-likeness (QED) is 0.622. The molecule has 1 amide bonds. The Labute approximate surface area is 162 Å². The number of hydrogen-bond acceptors (Lipinski definition) is 3. The topological polar surface area (TPSA) is 47.6 Å².